The van der Waals surface area contributed by atoms with Gasteiger partial charge in [-0.15, -0.1) is 0 Å². The maximum absolute atomic E-state index is 5.23. The van der Waals surface area contributed by atoms with E-state index < -0.39 is 0 Å². The van der Waals surface area contributed by atoms with Crippen LogP contribution in [0.4, 0.5) is 0 Å². The second kappa shape index (κ2) is 6.95. The van der Waals surface area contributed by atoms with Crippen LogP contribution in [0.15, 0.2) is 24.3 Å². The monoisotopic (exact) mass is 261 g/mol. The van der Waals surface area contributed by atoms with E-state index >= 15 is 0 Å². The summed E-state index contributed by atoms with van der Waals surface area (Å²) in [6.07, 6.45) is 6.59. The Hall–Kier alpha value is -1.02. The van der Waals surface area contributed by atoms with Crippen LogP contribution in [-0.2, 0) is 0 Å². The third kappa shape index (κ3) is 4.24. The zero-order valence-corrected chi connectivity index (χ0v) is 12.5. The molecule has 1 aliphatic carbocycles. The van der Waals surface area contributed by atoms with Crippen LogP contribution < -0.4 is 10.1 Å². The Kier molecular flexibility index (Phi) is 5.26. The molecule has 0 bridgehead atoms. The van der Waals surface area contributed by atoms with Crippen LogP contribution in [0.2, 0.25) is 0 Å². The highest BCUT2D eigenvalue weighted by Gasteiger charge is 2.25. The van der Waals surface area contributed by atoms with Crippen molar-refractivity contribution in [3.8, 4) is 5.75 Å². The Morgan fingerprint density at radius 1 is 1.16 bits per heavy atom. The van der Waals surface area contributed by atoms with Gasteiger partial charge in [-0.25, -0.2) is 0 Å². The van der Waals surface area contributed by atoms with E-state index in [1.165, 1.54) is 31.2 Å². The molecule has 0 heterocycles. The quantitative estimate of drug-likeness (QED) is 0.752. The van der Waals surface area contributed by atoms with Crippen molar-refractivity contribution in [3.63, 3.8) is 0 Å². The SMILES string of the molecule is CCC(CC1CC1)NC(CC)c1ccc(OC)cc1. The Balaban J connectivity index is 1.96. The van der Waals surface area contributed by atoms with Crippen molar-refractivity contribution >= 4 is 0 Å². The smallest absolute Gasteiger partial charge is 0.118 e. The van der Waals surface area contributed by atoms with Crippen LogP contribution in [0.5, 0.6) is 5.75 Å². The minimum absolute atomic E-state index is 0.467. The highest BCUT2D eigenvalue weighted by Crippen LogP contribution is 2.34. The standard InChI is InChI=1S/C17H27NO/c1-4-15(12-13-6-7-13)18-17(5-2)14-8-10-16(19-3)11-9-14/h8-11,13,15,17-18H,4-7,12H2,1-3H3. The molecule has 1 saturated carbocycles. The highest BCUT2D eigenvalue weighted by atomic mass is 16.5. The lowest BCUT2D eigenvalue weighted by Crippen LogP contribution is -2.32. The van der Waals surface area contributed by atoms with E-state index in [0.29, 0.717) is 12.1 Å². The predicted molar refractivity (Wildman–Crippen MR) is 80.6 cm³/mol. The largest absolute Gasteiger partial charge is 0.497 e. The summed E-state index contributed by atoms with van der Waals surface area (Å²) in [6, 6.07) is 9.62. The van der Waals surface area contributed by atoms with E-state index in [1.54, 1.807) is 7.11 Å². The average Bonchev–Trinajstić information content (AvgIpc) is 3.27. The molecule has 0 amide bonds. The molecule has 1 fully saturated rings. The highest BCUT2D eigenvalue weighted by molar-refractivity contribution is 5.29. The molecule has 1 aromatic carbocycles. The summed E-state index contributed by atoms with van der Waals surface area (Å²) in [4.78, 5) is 0. The van der Waals surface area contributed by atoms with Gasteiger partial charge in [0.2, 0.25) is 0 Å². The van der Waals surface area contributed by atoms with Gasteiger partial charge in [0.15, 0.2) is 0 Å². The molecule has 2 nitrogen and oxygen atoms in total. The van der Waals surface area contributed by atoms with Crippen molar-refractivity contribution in [2.45, 2.75) is 58.0 Å². The molecule has 0 saturated heterocycles. The summed E-state index contributed by atoms with van der Waals surface area (Å²) in [7, 11) is 1.72. The van der Waals surface area contributed by atoms with Gasteiger partial charge < -0.3 is 10.1 Å². The first-order valence-electron chi connectivity index (χ1n) is 7.66. The Morgan fingerprint density at radius 2 is 1.84 bits per heavy atom. The zero-order chi connectivity index (χ0) is 13.7. The molecule has 0 radical (unpaired) electrons. The molecule has 19 heavy (non-hydrogen) atoms. The molecule has 1 aliphatic rings. The zero-order valence-electron chi connectivity index (χ0n) is 12.5. The average molecular weight is 261 g/mol. The van der Waals surface area contributed by atoms with Gasteiger partial charge in [-0.05, 0) is 42.9 Å². The fourth-order valence-corrected chi connectivity index (χ4v) is 2.68. The van der Waals surface area contributed by atoms with Crippen molar-refractivity contribution in [1.82, 2.24) is 5.32 Å². The number of hydrogen-bond donors (Lipinski definition) is 1. The molecule has 2 unspecified atom stereocenters. The minimum atomic E-state index is 0.467. The van der Waals surface area contributed by atoms with Crippen LogP contribution >= 0.6 is 0 Å². The summed E-state index contributed by atoms with van der Waals surface area (Å²) >= 11 is 0. The number of rotatable bonds is 8. The number of ether oxygens (including phenoxy) is 1. The lowest BCUT2D eigenvalue weighted by molar-refractivity contribution is 0.382. The molecule has 2 rings (SSSR count). The molecule has 1 N–H and O–H groups in total. The normalized spacial score (nSPS) is 18.1. The van der Waals surface area contributed by atoms with E-state index in [0.717, 1.165) is 18.1 Å². The molecule has 106 valence electrons. The molecule has 2 atom stereocenters. The molecule has 1 aromatic rings. The molecule has 0 spiro atoms. The topological polar surface area (TPSA) is 21.3 Å². The van der Waals surface area contributed by atoms with Crippen LogP contribution in [0, 0.1) is 5.92 Å². The van der Waals surface area contributed by atoms with Gasteiger partial charge in [-0.3, -0.25) is 0 Å². The first-order chi connectivity index (χ1) is 9.26. The van der Waals surface area contributed by atoms with E-state index in [1.807, 2.05) is 0 Å². The maximum atomic E-state index is 5.23. The first-order valence-corrected chi connectivity index (χ1v) is 7.66. The number of methoxy groups -OCH3 is 1. The van der Waals surface area contributed by atoms with Crippen molar-refractivity contribution in [2.24, 2.45) is 5.92 Å². The second-order valence-electron chi connectivity index (χ2n) is 5.68. The Labute approximate surface area is 117 Å². The van der Waals surface area contributed by atoms with E-state index in [9.17, 15) is 0 Å². The first kappa shape index (κ1) is 14.4. The van der Waals surface area contributed by atoms with Gasteiger partial charge in [-0.2, -0.15) is 0 Å². The fourth-order valence-electron chi connectivity index (χ4n) is 2.68. The number of nitrogens with one attached hydrogen (secondary N) is 1. The number of benzene rings is 1. The lowest BCUT2D eigenvalue weighted by atomic mass is 10.0. The third-order valence-corrected chi connectivity index (χ3v) is 4.17. The van der Waals surface area contributed by atoms with Crippen LogP contribution in [0.3, 0.4) is 0 Å². The third-order valence-electron chi connectivity index (χ3n) is 4.17. The van der Waals surface area contributed by atoms with Gasteiger partial charge in [0.05, 0.1) is 7.11 Å². The van der Waals surface area contributed by atoms with Gasteiger partial charge in [0.1, 0.15) is 5.75 Å². The van der Waals surface area contributed by atoms with Crippen LogP contribution in [-0.4, -0.2) is 13.2 Å². The van der Waals surface area contributed by atoms with Crippen LogP contribution in [0.1, 0.15) is 57.6 Å². The van der Waals surface area contributed by atoms with Crippen LogP contribution in [0.25, 0.3) is 0 Å². The summed E-state index contributed by atoms with van der Waals surface area (Å²) in [5.74, 6) is 1.93. The molecular weight excluding hydrogens is 234 g/mol. The summed E-state index contributed by atoms with van der Waals surface area (Å²) in [6.45, 7) is 4.55. The van der Waals surface area contributed by atoms with Crippen molar-refractivity contribution in [1.29, 1.82) is 0 Å². The molecular formula is C17H27NO. The second-order valence-corrected chi connectivity index (χ2v) is 5.68. The summed E-state index contributed by atoms with van der Waals surface area (Å²) in [5, 5.41) is 3.84. The summed E-state index contributed by atoms with van der Waals surface area (Å²) in [5.41, 5.74) is 1.37. The predicted octanol–water partition coefficient (Wildman–Crippen LogP) is 4.31. The van der Waals surface area contributed by atoms with E-state index in [4.69, 9.17) is 4.74 Å². The van der Waals surface area contributed by atoms with Gasteiger partial charge in [0, 0.05) is 12.1 Å². The van der Waals surface area contributed by atoms with Gasteiger partial charge in [-0.1, -0.05) is 38.8 Å². The maximum Gasteiger partial charge on any atom is 0.118 e. The Bertz CT molecular complexity index is 369. The van der Waals surface area contributed by atoms with Crippen molar-refractivity contribution < 1.29 is 4.74 Å². The minimum Gasteiger partial charge on any atom is -0.497 e. The van der Waals surface area contributed by atoms with E-state index in [-0.39, 0.29) is 0 Å². The number of hydrogen-bond acceptors (Lipinski definition) is 2. The molecule has 0 aromatic heterocycles. The summed E-state index contributed by atoms with van der Waals surface area (Å²) < 4.78 is 5.23. The van der Waals surface area contributed by atoms with Gasteiger partial charge in [0.25, 0.3) is 0 Å². The van der Waals surface area contributed by atoms with Crippen molar-refractivity contribution in [2.75, 3.05) is 7.11 Å². The molecule has 0 aliphatic heterocycles. The Morgan fingerprint density at radius 3 is 2.32 bits per heavy atom. The fraction of sp³-hybridized carbons (Fsp3) is 0.647. The molecule has 2 heteroatoms. The lowest BCUT2D eigenvalue weighted by Gasteiger charge is -2.25. The van der Waals surface area contributed by atoms with E-state index in [2.05, 4.69) is 43.4 Å². The van der Waals surface area contributed by atoms with Crippen molar-refractivity contribution in [3.05, 3.63) is 29.8 Å². The van der Waals surface area contributed by atoms with Gasteiger partial charge >= 0.3 is 0 Å².